The number of hydrogen-bond acceptors (Lipinski definition) is 31. The summed E-state index contributed by atoms with van der Waals surface area (Å²) < 4.78 is 69.6. The number of ether oxygens (including phenoxy) is 12. The van der Waals surface area contributed by atoms with Crippen LogP contribution in [-0.4, -0.2) is 319 Å². The van der Waals surface area contributed by atoms with E-state index in [4.69, 9.17) is 61.9 Å². The number of carbonyl (C=O) groups is 4. The summed E-state index contributed by atoms with van der Waals surface area (Å²) in [6.45, 7) is -0.639. The molecule has 9 aliphatic rings. The molecule has 9 fully saturated rings. The van der Waals surface area contributed by atoms with Gasteiger partial charge in [0.1, 0.15) is 111 Å². The van der Waals surface area contributed by atoms with E-state index >= 15 is 0 Å². The molecule has 93 heavy (non-hydrogen) atoms. The molecule has 18 N–H and O–H groups in total. The fraction of sp³-hybridized carbons (Fsp3) is 0.867. The zero-order valence-corrected chi connectivity index (χ0v) is 51.1. The van der Waals surface area contributed by atoms with Crippen LogP contribution in [0, 0.1) is 23.7 Å². The lowest BCUT2D eigenvalue weighted by atomic mass is 9.72. The van der Waals surface area contributed by atoms with Gasteiger partial charge in [0, 0.05) is 30.9 Å². The van der Waals surface area contributed by atoms with Crippen molar-refractivity contribution in [2.24, 2.45) is 23.7 Å². The van der Waals surface area contributed by atoms with Gasteiger partial charge in [-0.25, -0.2) is 9.59 Å². The number of aliphatic carboxylic acids is 1. The number of esters is 3. The first-order valence-electron chi connectivity index (χ1n) is 32.0. The molecule has 5 heterocycles. The van der Waals surface area contributed by atoms with Crippen molar-refractivity contribution < 1.29 is 163 Å². The number of aliphatic hydroxyl groups is 18. The number of allylic oxidation sites excluding steroid dienone is 2. The van der Waals surface area contributed by atoms with E-state index < -0.39 is 246 Å². The molecule has 32 atom stereocenters. The molecule has 5 saturated heterocycles. The number of carboxylic acid groups (broad SMARTS) is 1. The van der Waals surface area contributed by atoms with Crippen LogP contribution in [0.1, 0.15) is 96.8 Å². The number of hydrogen-bond donors (Lipinski definition) is 17. The first kappa shape index (κ1) is 73.6. The molecular weight excluding hydrogens is 1250 g/mol. The van der Waals surface area contributed by atoms with Crippen molar-refractivity contribution in [1.82, 2.24) is 0 Å². The van der Waals surface area contributed by atoms with E-state index in [0.29, 0.717) is 38.5 Å². The van der Waals surface area contributed by atoms with E-state index in [-0.39, 0.29) is 56.8 Å². The maximum atomic E-state index is 12.8. The van der Waals surface area contributed by atoms with Gasteiger partial charge in [0.05, 0.1) is 61.4 Å². The van der Waals surface area contributed by atoms with Gasteiger partial charge >= 0.3 is 23.9 Å². The van der Waals surface area contributed by atoms with Crippen LogP contribution in [0.3, 0.4) is 0 Å². The van der Waals surface area contributed by atoms with E-state index in [1.54, 1.807) is 6.08 Å². The Morgan fingerprint density at radius 1 is 0.462 bits per heavy atom. The average Bonchev–Trinajstić information content (AvgIpc) is 0.781. The van der Waals surface area contributed by atoms with Gasteiger partial charge in [-0.1, -0.05) is 12.2 Å². The van der Waals surface area contributed by atoms with Crippen LogP contribution in [0.25, 0.3) is 0 Å². The van der Waals surface area contributed by atoms with Crippen LogP contribution in [0.2, 0.25) is 0 Å². The van der Waals surface area contributed by atoms with Crippen molar-refractivity contribution in [2.75, 3.05) is 19.8 Å². The predicted octanol–water partition coefficient (Wildman–Crippen LogP) is -6.69. The van der Waals surface area contributed by atoms with Gasteiger partial charge in [0.15, 0.2) is 43.5 Å². The summed E-state index contributed by atoms with van der Waals surface area (Å²) in [7, 11) is 0. The Hall–Kier alpha value is -3.64. The lowest BCUT2D eigenvalue weighted by Gasteiger charge is -2.50. The molecule has 4 aliphatic carbocycles. The quantitative estimate of drug-likeness (QED) is 0.0167. The van der Waals surface area contributed by atoms with Crippen LogP contribution in [-0.2, 0) is 71.3 Å². The highest BCUT2D eigenvalue weighted by molar-refractivity contribution is 5.90. The molecule has 0 spiro atoms. The summed E-state index contributed by atoms with van der Waals surface area (Å²) in [5, 5.41) is 184. The number of rotatable bonds is 21. The molecule has 33 heteroatoms. The van der Waals surface area contributed by atoms with E-state index in [1.165, 1.54) is 19.1 Å². The van der Waals surface area contributed by atoms with E-state index in [0.717, 1.165) is 6.08 Å². The smallest absolute Gasteiger partial charge is 0.330 e. The minimum absolute atomic E-state index is 0.00905. The molecule has 0 radical (unpaired) electrons. The summed E-state index contributed by atoms with van der Waals surface area (Å²) in [4.78, 5) is 48.8. The molecule has 5 aliphatic heterocycles. The summed E-state index contributed by atoms with van der Waals surface area (Å²) >= 11 is 0. The maximum Gasteiger partial charge on any atom is 0.330 e. The predicted molar refractivity (Wildman–Crippen MR) is 303 cm³/mol. The van der Waals surface area contributed by atoms with Crippen molar-refractivity contribution in [3.8, 4) is 0 Å². The third kappa shape index (κ3) is 18.4. The first-order valence-corrected chi connectivity index (χ1v) is 32.0. The number of carbonyl (C=O) groups excluding carboxylic acids is 3. The fourth-order valence-corrected chi connectivity index (χ4v) is 14.1. The summed E-state index contributed by atoms with van der Waals surface area (Å²) in [5.41, 5.74) is 0. The van der Waals surface area contributed by atoms with E-state index in [9.17, 15) is 101 Å². The lowest BCUT2D eigenvalue weighted by Crippen LogP contribution is -2.64. The molecule has 0 bridgehead atoms. The highest BCUT2D eigenvalue weighted by atomic mass is 16.8. The van der Waals surface area contributed by atoms with E-state index in [2.05, 4.69) is 0 Å². The standard InChI is InChI=1S/C60H92O33/c1-23-55(93-42(69)13-5-24-2-8-27(61)9-3-24)50(77)54(81)57(85-23)84-22-39-46(73)49(76)53(80)60(92-39)89-36-18-29-33(16-28(62)17-34(29)87-58-51(78)47(74)45(72)38(90-58)21-83-43(70)19-40(66)67)86-56(36)26-7-11-31(64)35(15-26)88-59-52(79)48(75)44(71)37(91-59)20-82-41(68)12-6-25-4-10-30(63)32(65)14-25/h5-6,12-13,23-39,44-65,71-81H,2-4,7-11,14-22H2,1H3,(H,66,67)/p+1/t23-,24?,25?,26?,27?,28?,29?,30?,31?,32?,33?,34?,35?,36?,37+,38+,39+,44+,45+,46+,47-,48-,49-,50-,51+,52+,53+,54+,55-,56?,57+,58+,59+,60+/m0/s1. The van der Waals surface area contributed by atoms with Gasteiger partial charge < -0.3 is 144 Å². The Bertz CT molecular complexity index is 2490. The lowest BCUT2D eigenvalue weighted by molar-refractivity contribution is -0.372. The van der Waals surface area contributed by atoms with Crippen molar-refractivity contribution in [1.29, 1.82) is 0 Å². The van der Waals surface area contributed by atoms with Gasteiger partial charge in [0.2, 0.25) is 0 Å². The molecular formula is C60H93O33+. The average molecular weight is 1340 g/mol. The van der Waals surface area contributed by atoms with Gasteiger partial charge in [-0.15, -0.1) is 0 Å². The summed E-state index contributed by atoms with van der Waals surface area (Å²) in [5.74, 6) is -6.05. The van der Waals surface area contributed by atoms with Crippen molar-refractivity contribution >= 4 is 23.9 Å². The SMILES string of the molecule is C[C@@H]1O[C@@H](OC[C@H]2O[C@@H](OC3CC4C(O[C@@H]5O[C@H](COC(=O)CC(=O)O)[C@@H](O)[C@H](O)[C@H]5O)CC(O)CC4[OH+]C3C3CCC(O)C(O[C@@H]4O[C@H](COC(=O)C=CC5CCC(O)C(O)C5)[C@@H](O)[C@H](O)[C@H]4O)C3)[C@H](O)[C@@H](O)[C@@H]2O)[C@H](O)[C@H](O)[C@H]1OC(=O)C=CC1CCC(O)CC1. The maximum absolute atomic E-state index is 12.8. The highest BCUT2D eigenvalue weighted by Crippen LogP contribution is 2.45. The Kier molecular flexibility index (Phi) is 26.0. The topological polar surface area (TPSA) is 527 Å². The molecule has 9 rings (SSSR count). The number of fused-ring (bicyclic) bond motifs is 1. The van der Waals surface area contributed by atoms with Crippen LogP contribution in [0.5, 0.6) is 0 Å². The van der Waals surface area contributed by atoms with Gasteiger partial charge in [-0.3, -0.25) is 9.59 Å². The number of aliphatic hydroxyl groups excluding tert-OH is 16. The Labute approximate surface area is 533 Å². The van der Waals surface area contributed by atoms with Crippen molar-refractivity contribution in [3.63, 3.8) is 0 Å². The zero-order valence-electron chi connectivity index (χ0n) is 51.1. The third-order valence-corrected chi connectivity index (χ3v) is 19.6. The minimum Gasteiger partial charge on any atom is -0.481 e. The Morgan fingerprint density at radius 3 is 1.59 bits per heavy atom. The monoisotopic (exact) mass is 1340 g/mol. The van der Waals surface area contributed by atoms with Crippen LogP contribution in [0.15, 0.2) is 24.3 Å². The highest BCUT2D eigenvalue weighted by Gasteiger charge is 2.58. The Morgan fingerprint density at radius 2 is 0.989 bits per heavy atom. The molecule has 33 nitrogen and oxygen atoms in total. The fourth-order valence-electron chi connectivity index (χ4n) is 14.1. The first-order chi connectivity index (χ1) is 44.1. The van der Waals surface area contributed by atoms with Crippen LogP contribution >= 0.6 is 0 Å². The van der Waals surface area contributed by atoms with Gasteiger partial charge in [-0.05, 0) is 89.4 Å². The molecule has 4 saturated carbocycles. The third-order valence-electron chi connectivity index (χ3n) is 19.6. The molecule has 0 aromatic carbocycles. The van der Waals surface area contributed by atoms with E-state index in [1.807, 2.05) is 0 Å². The Balaban J connectivity index is 0.900. The van der Waals surface area contributed by atoms with Gasteiger partial charge in [0.25, 0.3) is 0 Å². The summed E-state index contributed by atoms with van der Waals surface area (Å²) in [6, 6.07) is 0. The van der Waals surface area contributed by atoms with Crippen molar-refractivity contribution in [3.05, 3.63) is 24.3 Å². The molecule has 0 aromatic rings. The largest absolute Gasteiger partial charge is 0.481 e. The van der Waals surface area contributed by atoms with Crippen molar-refractivity contribution in [2.45, 2.75) is 281 Å². The van der Waals surface area contributed by atoms with Gasteiger partial charge in [-0.2, -0.15) is 0 Å². The van der Waals surface area contributed by atoms with Crippen LogP contribution in [0.4, 0.5) is 0 Å². The second kappa shape index (κ2) is 32.8. The molecule has 12 unspecified atom stereocenters. The van der Waals surface area contributed by atoms with Crippen LogP contribution < -0.4 is 0 Å². The minimum atomic E-state index is -2.00. The molecule has 0 amide bonds. The molecule has 0 aromatic heterocycles. The normalized spacial score (nSPS) is 47.5. The zero-order chi connectivity index (χ0) is 67.3. The molecule has 530 valence electrons. The summed E-state index contributed by atoms with van der Waals surface area (Å²) in [6.07, 6.45) is -37.0. The number of carboxylic acids is 1. The second-order valence-electron chi connectivity index (χ2n) is 26.2. The second-order valence-corrected chi connectivity index (χ2v) is 26.2.